The summed E-state index contributed by atoms with van der Waals surface area (Å²) in [7, 11) is 0. The highest BCUT2D eigenvalue weighted by atomic mass is 16.2. The molecule has 0 amide bonds. The van der Waals surface area contributed by atoms with Crippen LogP contribution < -0.4 is 4.90 Å². The van der Waals surface area contributed by atoms with E-state index in [4.69, 9.17) is 0 Å². The van der Waals surface area contributed by atoms with Gasteiger partial charge in [0.25, 0.3) is 0 Å². The summed E-state index contributed by atoms with van der Waals surface area (Å²) in [5, 5.41) is 10.7. The summed E-state index contributed by atoms with van der Waals surface area (Å²) in [4.78, 5) is 6.07. The number of nitrogens with zero attached hydrogens (tertiary/aromatic N) is 1. The Kier molecular flexibility index (Phi) is 5.74. The lowest BCUT2D eigenvalue weighted by molar-refractivity contribution is 0.289. The van der Waals surface area contributed by atoms with Crippen molar-refractivity contribution in [2.75, 3.05) is 11.5 Å². The minimum absolute atomic E-state index is 0.205. The third kappa shape index (κ3) is 4.10. The van der Waals surface area contributed by atoms with E-state index in [1.807, 2.05) is 0 Å². The molecule has 0 atom stereocenters. The molecule has 4 rings (SSSR count). The maximum absolute atomic E-state index is 9.41. The fourth-order valence-corrected chi connectivity index (χ4v) is 3.79. The first-order valence-corrected chi connectivity index (χ1v) is 9.88. The first kappa shape index (κ1) is 18.3. The van der Waals surface area contributed by atoms with Crippen LogP contribution in [0, 0.1) is 0 Å². The lowest BCUT2D eigenvalue weighted by Crippen LogP contribution is -2.23. The van der Waals surface area contributed by atoms with Crippen molar-refractivity contribution in [2.45, 2.75) is 25.9 Å². The highest BCUT2D eigenvalue weighted by Gasteiger charge is 2.18. The normalized spacial score (nSPS) is 11.0. The van der Waals surface area contributed by atoms with E-state index < -0.39 is 0 Å². The van der Waals surface area contributed by atoms with Crippen LogP contribution in [0.1, 0.15) is 23.1 Å². The fourth-order valence-electron chi connectivity index (χ4n) is 3.79. The first-order chi connectivity index (χ1) is 13.8. The average Bonchev–Trinajstić information content (AvgIpc) is 3.12. The summed E-state index contributed by atoms with van der Waals surface area (Å²) < 4.78 is 0. The van der Waals surface area contributed by atoms with Crippen LogP contribution in [0.3, 0.4) is 0 Å². The number of aliphatic hydroxyl groups is 1. The Hall–Kier alpha value is -3.04. The number of aromatic nitrogens is 1. The number of anilines is 1. The molecule has 3 nitrogen and oxygen atoms in total. The van der Waals surface area contributed by atoms with Crippen LogP contribution in [-0.4, -0.2) is 16.7 Å². The second kappa shape index (κ2) is 8.77. The number of para-hydroxylation sites is 1. The predicted molar refractivity (Wildman–Crippen MR) is 116 cm³/mol. The summed E-state index contributed by atoms with van der Waals surface area (Å²) in [5.41, 5.74) is 5.00. The van der Waals surface area contributed by atoms with Gasteiger partial charge < -0.3 is 15.0 Å². The summed E-state index contributed by atoms with van der Waals surface area (Å²) in [6, 6.07) is 29.6. The number of aryl methyl sites for hydroxylation is 1. The van der Waals surface area contributed by atoms with Crippen LogP contribution >= 0.6 is 0 Å². The molecular formula is C25H26N2O. The standard InChI is InChI=1S/C25H26N2O/c28-17-9-15-23-22-14-7-8-16-24(22)26-25(23)27(18-20-10-3-1-4-11-20)19-21-12-5-2-6-13-21/h1-8,10-14,16,26,28H,9,15,17-19H2. The van der Waals surface area contributed by atoms with Crippen LogP contribution in [0.2, 0.25) is 0 Å². The zero-order valence-electron chi connectivity index (χ0n) is 16.0. The van der Waals surface area contributed by atoms with Crippen LogP contribution in [0.25, 0.3) is 10.9 Å². The SMILES string of the molecule is OCCCc1c(N(Cc2ccccc2)Cc2ccccc2)[nH]c2ccccc12. The number of fused-ring (bicyclic) bond motifs is 1. The second-order valence-electron chi connectivity index (χ2n) is 7.15. The van der Waals surface area contributed by atoms with E-state index in [0.717, 1.165) is 37.3 Å². The van der Waals surface area contributed by atoms with E-state index in [-0.39, 0.29) is 6.61 Å². The average molecular weight is 370 g/mol. The van der Waals surface area contributed by atoms with Gasteiger partial charge in [0.2, 0.25) is 0 Å². The third-order valence-corrected chi connectivity index (χ3v) is 5.12. The quantitative estimate of drug-likeness (QED) is 0.442. The Labute approximate surface area is 166 Å². The van der Waals surface area contributed by atoms with Gasteiger partial charge in [0.15, 0.2) is 0 Å². The molecule has 0 unspecified atom stereocenters. The minimum Gasteiger partial charge on any atom is -0.396 e. The molecule has 0 aliphatic heterocycles. The second-order valence-corrected chi connectivity index (χ2v) is 7.15. The van der Waals surface area contributed by atoms with Gasteiger partial charge >= 0.3 is 0 Å². The van der Waals surface area contributed by atoms with Crippen LogP contribution in [0.4, 0.5) is 5.82 Å². The molecular weight excluding hydrogens is 344 g/mol. The Morgan fingerprint density at radius 2 is 1.29 bits per heavy atom. The van der Waals surface area contributed by atoms with Crippen molar-refractivity contribution in [3.63, 3.8) is 0 Å². The Balaban J connectivity index is 1.76. The van der Waals surface area contributed by atoms with Gasteiger partial charge in [0.1, 0.15) is 5.82 Å². The van der Waals surface area contributed by atoms with E-state index in [1.165, 1.54) is 22.1 Å². The lowest BCUT2D eigenvalue weighted by atomic mass is 10.1. The third-order valence-electron chi connectivity index (χ3n) is 5.12. The molecule has 0 spiro atoms. The van der Waals surface area contributed by atoms with Gasteiger partial charge in [-0.05, 0) is 30.0 Å². The topological polar surface area (TPSA) is 39.3 Å². The van der Waals surface area contributed by atoms with E-state index in [1.54, 1.807) is 0 Å². The summed E-state index contributed by atoms with van der Waals surface area (Å²) in [6.45, 7) is 1.86. The summed E-state index contributed by atoms with van der Waals surface area (Å²) in [5.74, 6) is 1.15. The number of hydrogen-bond acceptors (Lipinski definition) is 2. The van der Waals surface area contributed by atoms with E-state index in [0.29, 0.717) is 0 Å². The van der Waals surface area contributed by atoms with Crippen molar-refractivity contribution < 1.29 is 5.11 Å². The Bertz CT molecular complexity index is 967. The minimum atomic E-state index is 0.205. The number of aromatic amines is 1. The largest absolute Gasteiger partial charge is 0.396 e. The highest BCUT2D eigenvalue weighted by molar-refractivity contribution is 5.89. The van der Waals surface area contributed by atoms with Gasteiger partial charge in [0.05, 0.1) is 0 Å². The molecule has 3 heteroatoms. The van der Waals surface area contributed by atoms with Gasteiger partial charge in [0, 0.05) is 36.2 Å². The Morgan fingerprint density at radius 3 is 1.89 bits per heavy atom. The van der Waals surface area contributed by atoms with E-state index in [9.17, 15) is 5.11 Å². The van der Waals surface area contributed by atoms with Gasteiger partial charge in [-0.2, -0.15) is 0 Å². The summed E-state index contributed by atoms with van der Waals surface area (Å²) in [6.07, 6.45) is 1.62. The van der Waals surface area contributed by atoms with Gasteiger partial charge in [-0.25, -0.2) is 0 Å². The van der Waals surface area contributed by atoms with Crippen LogP contribution in [0.15, 0.2) is 84.9 Å². The molecule has 3 aromatic carbocycles. The molecule has 1 aromatic heterocycles. The molecule has 28 heavy (non-hydrogen) atoms. The van der Waals surface area contributed by atoms with Crippen molar-refractivity contribution in [3.05, 3.63) is 102 Å². The van der Waals surface area contributed by atoms with Gasteiger partial charge in [-0.3, -0.25) is 0 Å². The van der Waals surface area contributed by atoms with Gasteiger partial charge in [-0.1, -0.05) is 78.9 Å². The van der Waals surface area contributed by atoms with Crippen molar-refractivity contribution in [3.8, 4) is 0 Å². The van der Waals surface area contributed by atoms with Crippen molar-refractivity contribution in [1.29, 1.82) is 0 Å². The molecule has 0 saturated heterocycles. The number of hydrogen-bond donors (Lipinski definition) is 2. The fraction of sp³-hybridized carbons (Fsp3) is 0.200. The predicted octanol–water partition coefficient (Wildman–Crippen LogP) is 5.30. The molecule has 0 bridgehead atoms. The number of benzene rings is 3. The van der Waals surface area contributed by atoms with Gasteiger partial charge in [-0.15, -0.1) is 0 Å². The van der Waals surface area contributed by atoms with E-state index in [2.05, 4.69) is 94.8 Å². The maximum Gasteiger partial charge on any atom is 0.110 e. The highest BCUT2D eigenvalue weighted by Crippen LogP contribution is 2.32. The smallest absolute Gasteiger partial charge is 0.110 e. The number of aliphatic hydroxyl groups excluding tert-OH is 1. The molecule has 4 aromatic rings. The molecule has 0 fully saturated rings. The number of nitrogens with one attached hydrogen (secondary N) is 1. The first-order valence-electron chi connectivity index (χ1n) is 9.88. The van der Waals surface area contributed by atoms with Crippen LogP contribution in [0.5, 0.6) is 0 Å². The molecule has 1 heterocycles. The van der Waals surface area contributed by atoms with E-state index >= 15 is 0 Å². The molecule has 0 radical (unpaired) electrons. The van der Waals surface area contributed by atoms with Crippen molar-refractivity contribution in [1.82, 2.24) is 4.98 Å². The lowest BCUT2D eigenvalue weighted by Gasteiger charge is -2.25. The Morgan fingerprint density at radius 1 is 0.714 bits per heavy atom. The van der Waals surface area contributed by atoms with Crippen molar-refractivity contribution in [2.24, 2.45) is 0 Å². The molecule has 0 aliphatic carbocycles. The van der Waals surface area contributed by atoms with Crippen LogP contribution in [-0.2, 0) is 19.5 Å². The monoisotopic (exact) mass is 370 g/mol. The zero-order valence-corrected chi connectivity index (χ0v) is 16.0. The molecule has 0 aliphatic rings. The number of rotatable bonds is 8. The molecule has 142 valence electrons. The van der Waals surface area contributed by atoms with Crippen molar-refractivity contribution >= 4 is 16.7 Å². The molecule has 2 N–H and O–H groups in total. The maximum atomic E-state index is 9.41. The number of H-pyrrole nitrogens is 1. The summed E-state index contributed by atoms with van der Waals surface area (Å²) >= 11 is 0. The zero-order chi connectivity index (χ0) is 19.2. The molecule has 0 saturated carbocycles.